The number of aromatic nitrogens is 2. The second-order valence-electron chi connectivity index (χ2n) is 5.37. The van der Waals surface area contributed by atoms with E-state index in [2.05, 4.69) is 16.0 Å². The standard InChI is InChI=1S/C18H22N4O4S/c1-25-14-5-4-12(10-15(14)26-2)16-13(11-19)17(21-18(20-16)27-3)22(6-8-23)7-9-24/h4-5,10,23-24H,6-9H2,1-3H3. The van der Waals surface area contributed by atoms with Crippen molar-refractivity contribution in [3.63, 3.8) is 0 Å². The summed E-state index contributed by atoms with van der Waals surface area (Å²) in [6.07, 6.45) is 1.84. The van der Waals surface area contributed by atoms with Crippen LogP contribution in [0, 0.1) is 11.3 Å². The van der Waals surface area contributed by atoms with Gasteiger partial charge in [0.2, 0.25) is 0 Å². The quantitative estimate of drug-likeness (QED) is 0.486. The number of hydrogen-bond acceptors (Lipinski definition) is 9. The first-order chi connectivity index (χ1) is 13.1. The summed E-state index contributed by atoms with van der Waals surface area (Å²) in [4.78, 5) is 10.6. The van der Waals surface area contributed by atoms with Crippen LogP contribution in [0.15, 0.2) is 23.4 Å². The number of nitriles is 1. The van der Waals surface area contributed by atoms with Crippen molar-refractivity contribution in [2.45, 2.75) is 5.16 Å². The number of nitrogens with zero attached hydrogens (tertiary/aromatic N) is 4. The van der Waals surface area contributed by atoms with Gasteiger partial charge in [0.25, 0.3) is 0 Å². The van der Waals surface area contributed by atoms with E-state index in [-0.39, 0.29) is 31.9 Å². The summed E-state index contributed by atoms with van der Waals surface area (Å²) in [7, 11) is 3.09. The summed E-state index contributed by atoms with van der Waals surface area (Å²) >= 11 is 1.34. The number of anilines is 1. The van der Waals surface area contributed by atoms with E-state index in [9.17, 15) is 15.5 Å². The van der Waals surface area contributed by atoms with Crippen molar-refractivity contribution in [2.24, 2.45) is 0 Å². The van der Waals surface area contributed by atoms with E-state index in [1.54, 1.807) is 30.2 Å². The fourth-order valence-corrected chi connectivity index (χ4v) is 2.97. The summed E-state index contributed by atoms with van der Waals surface area (Å²) in [6, 6.07) is 7.45. The van der Waals surface area contributed by atoms with Crippen LogP contribution in [0.4, 0.5) is 5.82 Å². The van der Waals surface area contributed by atoms with Crippen molar-refractivity contribution in [3.8, 4) is 28.8 Å². The third-order valence-corrected chi connectivity index (χ3v) is 4.41. The predicted molar refractivity (Wildman–Crippen MR) is 103 cm³/mol. The molecule has 0 unspecified atom stereocenters. The van der Waals surface area contributed by atoms with Gasteiger partial charge in [0.15, 0.2) is 22.5 Å². The van der Waals surface area contributed by atoms with Gasteiger partial charge >= 0.3 is 0 Å². The van der Waals surface area contributed by atoms with E-state index in [4.69, 9.17) is 9.47 Å². The van der Waals surface area contributed by atoms with Crippen molar-refractivity contribution in [1.29, 1.82) is 5.26 Å². The average molecular weight is 390 g/mol. The van der Waals surface area contributed by atoms with Crippen LogP contribution in [0.5, 0.6) is 11.5 Å². The van der Waals surface area contributed by atoms with E-state index in [1.165, 1.54) is 18.9 Å². The van der Waals surface area contributed by atoms with Gasteiger partial charge in [0, 0.05) is 18.7 Å². The Morgan fingerprint density at radius 2 is 1.78 bits per heavy atom. The van der Waals surface area contributed by atoms with Gasteiger partial charge < -0.3 is 24.6 Å². The maximum Gasteiger partial charge on any atom is 0.189 e. The number of benzene rings is 1. The number of methoxy groups -OCH3 is 2. The largest absolute Gasteiger partial charge is 0.493 e. The SMILES string of the molecule is COc1ccc(-c2nc(SC)nc(N(CCO)CCO)c2C#N)cc1OC. The molecule has 2 rings (SSSR count). The molecule has 0 aliphatic heterocycles. The lowest BCUT2D eigenvalue weighted by Gasteiger charge is -2.24. The topological polar surface area (TPSA) is 112 Å². The zero-order valence-corrected chi connectivity index (χ0v) is 16.3. The van der Waals surface area contributed by atoms with Gasteiger partial charge in [-0.3, -0.25) is 0 Å². The van der Waals surface area contributed by atoms with Gasteiger partial charge in [0.1, 0.15) is 11.6 Å². The Balaban J connectivity index is 2.69. The van der Waals surface area contributed by atoms with Gasteiger partial charge in [-0.25, -0.2) is 9.97 Å². The molecule has 2 aromatic rings. The number of hydrogen-bond donors (Lipinski definition) is 2. The zero-order valence-electron chi connectivity index (χ0n) is 15.5. The molecule has 1 aromatic carbocycles. The van der Waals surface area contributed by atoms with Gasteiger partial charge in [-0.05, 0) is 24.5 Å². The molecule has 1 aromatic heterocycles. The summed E-state index contributed by atoms with van der Waals surface area (Å²) < 4.78 is 10.6. The van der Waals surface area contributed by atoms with Crippen molar-refractivity contribution < 1.29 is 19.7 Å². The maximum absolute atomic E-state index is 9.79. The number of ether oxygens (including phenoxy) is 2. The minimum absolute atomic E-state index is 0.130. The normalized spacial score (nSPS) is 10.4. The first kappa shape index (κ1) is 20.8. The maximum atomic E-state index is 9.79. The van der Waals surface area contributed by atoms with Crippen LogP contribution in [0.25, 0.3) is 11.3 Å². The van der Waals surface area contributed by atoms with Crippen LogP contribution < -0.4 is 14.4 Å². The van der Waals surface area contributed by atoms with Gasteiger partial charge in [-0.15, -0.1) is 0 Å². The van der Waals surface area contributed by atoms with Crippen LogP contribution >= 0.6 is 11.8 Å². The van der Waals surface area contributed by atoms with Crippen molar-refractivity contribution in [2.75, 3.05) is 51.7 Å². The van der Waals surface area contributed by atoms with Gasteiger partial charge in [0.05, 0.1) is 33.1 Å². The molecule has 8 nitrogen and oxygen atoms in total. The van der Waals surface area contributed by atoms with Crippen LogP contribution in [-0.2, 0) is 0 Å². The average Bonchev–Trinajstić information content (AvgIpc) is 2.71. The second kappa shape index (κ2) is 9.97. The van der Waals surface area contributed by atoms with Gasteiger partial charge in [-0.2, -0.15) is 5.26 Å². The molecule has 0 amide bonds. The highest BCUT2D eigenvalue weighted by molar-refractivity contribution is 7.98. The molecule has 1 heterocycles. The summed E-state index contributed by atoms with van der Waals surface area (Å²) in [5, 5.41) is 29.0. The Bertz CT molecular complexity index is 820. The molecule has 144 valence electrons. The highest BCUT2D eigenvalue weighted by Gasteiger charge is 2.21. The fourth-order valence-electron chi connectivity index (χ4n) is 2.61. The molecule has 0 atom stereocenters. The van der Waals surface area contributed by atoms with Crippen molar-refractivity contribution in [3.05, 3.63) is 23.8 Å². The first-order valence-corrected chi connectivity index (χ1v) is 9.41. The second-order valence-corrected chi connectivity index (χ2v) is 6.15. The highest BCUT2D eigenvalue weighted by atomic mass is 32.2. The minimum atomic E-state index is -0.130. The van der Waals surface area contributed by atoms with Crippen molar-refractivity contribution >= 4 is 17.6 Å². The molecular weight excluding hydrogens is 368 g/mol. The monoisotopic (exact) mass is 390 g/mol. The summed E-state index contributed by atoms with van der Waals surface area (Å²) in [5.74, 6) is 1.47. The zero-order chi connectivity index (χ0) is 19.8. The van der Waals surface area contributed by atoms with Crippen molar-refractivity contribution in [1.82, 2.24) is 9.97 Å². The molecule has 0 aliphatic rings. The molecule has 27 heavy (non-hydrogen) atoms. The summed E-state index contributed by atoms with van der Waals surface area (Å²) in [5.41, 5.74) is 1.40. The molecule has 0 spiro atoms. The Kier molecular flexibility index (Phi) is 7.67. The molecule has 0 aliphatic carbocycles. The fraction of sp³-hybridized carbons (Fsp3) is 0.389. The van der Waals surface area contributed by atoms with E-state index < -0.39 is 0 Å². The van der Waals surface area contributed by atoms with Crippen LogP contribution in [0.1, 0.15) is 5.56 Å². The Morgan fingerprint density at radius 1 is 1.11 bits per heavy atom. The Hall–Kier alpha value is -2.54. The Labute approximate surface area is 162 Å². The number of aliphatic hydroxyl groups is 2. The van der Waals surface area contributed by atoms with E-state index in [0.29, 0.717) is 33.7 Å². The molecule has 9 heteroatoms. The highest BCUT2D eigenvalue weighted by Crippen LogP contribution is 2.35. The molecule has 0 fully saturated rings. The number of rotatable bonds is 9. The molecule has 0 saturated heterocycles. The van der Waals surface area contributed by atoms with E-state index >= 15 is 0 Å². The molecular formula is C18H22N4O4S. The van der Waals surface area contributed by atoms with E-state index in [1.807, 2.05) is 6.26 Å². The lowest BCUT2D eigenvalue weighted by Crippen LogP contribution is -2.31. The predicted octanol–water partition coefficient (Wildman–Crippen LogP) is 1.55. The van der Waals surface area contributed by atoms with Crippen LogP contribution in [0.2, 0.25) is 0 Å². The van der Waals surface area contributed by atoms with Crippen LogP contribution in [-0.4, -0.2) is 67.0 Å². The third kappa shape index (κ3) is 4.60. The molecule has 0 saturated carbocycles. The third-order valence-electron chi connectivity index (χ3n) is 3.86. The molecule has 2 N–H and O–H groups in total. The van der Waals surface area contributed by atoms with Crippen LogP contribution in [0.3, 0.4) is 0 Å². The molecule has 0 radical (unpaired) electrons. The number of thioether (sulfide) groups is 1. The Morgan fingerprint density at radius 3 is 2.30 bits per heavy atom. The van der Waals surface area contributed by atoms with E-state index in [0.717, 1.165) is 0 Å². The first-order valence-electron chi connectivity index (χ1n) is 8.18. The van der Waals surface area contributed by atoms with Gasteiger partial charge in [-0.1, -0.05) is 11.8 Å². The molecule has 0 bridgehead atoms. The lowest BCUT2D eigenvalue weighted by molar-refractivity contribution is 0.280. The smallest absolute Gasteiger partial charge is 0.189 e. The minimum Gasteiger partial charge on any atom is -0.493 e. The lowest BCUT2D eigenvalue weighted by atomic mass is 10.1. The summed E-state index contributed by atoms with van der Waals surface area (Å²) in [6.45, 7) is 0.223. The number of aliphatic hydroxyl groups excluding tert-OH is 2.